The molecule has 0 aliphatic heterocycles. The highest BCUT2D eigenvalue weighted by atomic mass is 15.4. The normalized spacial score (nSPS) is 9.71. The highest BCUT2D eigenvalue weighted by molar-refractivity contribution is 5.44. The zero-order valence-electron chi connectivity index (χ0n) is 7.55. The van der Waals surface area contributed by atoms with Crippen molar-refractivity contribution in [2.75, 3.05) is 0 Å². The maximum atomic E-state index is 8.83. The molecule has 2 heterocycles. The summed E-state index contributed by atoms with van der Waals surface area (Å²) >= 11 is 0. The molecule has 0 atom stereocenters. The van der Waals surface area contributed by atoms with Crippen LogP contribution >= 0.6 is 0 Å². The van der Waals surface area contributed by atoms with Crippen LogP contribution in [0.1, 0.15) is 11.3 Å². The number of rotatable bonds is 1. The van der Waals surface area contributed by atoms with Gasteiger partial charge in [-0.1, -0.05) is 5.21 Å². The molecule has 0 spiro atoms. The van der Waals surface area contributed by atoms with E-state index in [1.165, 1.54) is 4.68 Å². The fourth-order valence-corrected chi connectivity index (χ4v) is 1.15. The van der Waals surface area contributed by atoms with E-state index in [0.717, 1.165) is 5.56 Å². The Bertz CT molecular complexity index is 480. The topological polar surface area (TPSA) is 67.4 Å². The monoisotopic (exact) mass is 185 g/mol. The highest BCUT2D eigenvalue weighted by Crippen LogP contribution is 2.11. The van der Waals surface area contributed by atoms with Gasteiger partial charge in [0.15, 0.2) is 5.69 Å². The molecule has 2 rings (SSSR count). The van der Waals surface area contributed by atoms with Crippen molar-refractivity contribution in [1.82, 2.24) is 20.0 Å². The number of nitrogens with zero attached hydrogens (tertiary/aromatic N) is 5. The maximum absolute atomic E-state index is 8.83. The molecule has 0 unspecified atom stereocenters. The van der Waals surface area contributed by atoms with Gasteiger partial charge < -0.3 is 0 Å². The van der Waals surface area contributed by atoms with E-state index < -0.39 is 0 Å². The predicted octanol–water partition coefficient (Wildman–Crippen LogP) is 0.842. The van der Waals surface area contributed by atoms with Crippen LogP contribution in [0.3, 0.4) is 0 Å². The number of hydrogen-bond acceptors (Lipinski definition) is 4. The molecule has 0 saturated carbocycles. The summed E-state index contributed by atoms with van der Waals surface area (Å²) in [6.07, 6.45) is 4.89. The molecule has 0 aliphatic carbocycles. The van der Waals surface area contributed by atoms with Gasteiger partial charge in [-0.3, -0.25) is 0 Å². The Kier molecular flexibility index (Phi) is 1.95. The molecular weight excluding hydrogens is 178 g/mol. The van der Waals surface area contributed by atoms with Crippen molar-refractivity contribution in [3.63, 3.8) is 0 Å². The average Bonchev–Trinajstić information content (AvgIpc) is 2.70. The molecule has 0 aliphatic rings. The highest BCUT2D eigenvalue weighted by Gasteiger charge is 2.05. The summed E-state index contributed by atoms with van der Waals surface area (Å²) in [5, 5.41) is 16.3. The molecule has 2 aromatic rings. The van der Waals surface area contributed by atoms with Crippen molar-refractivity contribution >= 4 is 0 Å². The quantitative estimate of drug-likeness (QED) is 0.660. The molecule has 0 amide bonds. The van der Waals surface area contributed by atoms with E-state index in [1.807, 2.05) is 19.1 Å². The second kappa shape index (κ2) is 3.26. The third-order valence-corrected chi connectivity index (χ3v) is 1.78. The molecule has 68 valence electrons. The fourth-order valence-electron chi connectivity index (χ4n) is 1.15. The van der Waals surface area contributed by atoms with Gasteiger partial charge in [0, 0.05) is 6.20 Å². The third kappa shape index (κ3) is 1.33. The molecule has 2 aromatic heterocycles. The lowest BCUT2D eigenvalue weighted by atomic mass is 10.2. The van der Waals surface area contributed by atoms with Crippen LogP contribution in [0.5, 0.6) is 0 Å². The van der Waals surface area contributed by atoms with Gasteiger partial charge in [-0.15, -0.1) is 5.10 Å². The summed E-state index contributed by atoms with van der Waals surface area (Å²) in [6.45, 7) is 1.91. The van der Waals surface area contributed by atoms with Crippen LogP contribution in [0.4, 0.5) is 0 Å². The van der Waals surface area contributed by atoms with Crippen molar-refractivity contribution in [2.45, 2.75) is 6.92 Å². The number of nitriles is 1. The summed E-state index contributed by atoms with van der Waals surface area (Å²) < 4.78 is 1.53. The lowest BCUT2D eigenvalue weighted by Gasteiger charge is -2.02. The van der Waals surface area contributed by atoms with E-state index in [4.69, 9.17) is 5.26 Å². The van der Waals surface area contributed by atoms with Crippen LogP contribution < -0.4 is 0 Å². The van der Waals surface area contributed by atoms with Crippen LogP contribution in [-0.2, 0) is 0 Å². The standard InChI is InChI=1S/C9H7N5/c1-7-4-9(8(5-10)11-6-7)14-3-2-12-13-14/h2-4,6H,1H3. The first-order valence-electron chi connectivity index (χ1n) is 4.04. The number of aromatic nitrogens is 4. The van der Waals surface area contributed by atoms with Gasteiger partial charge in [-0.05, 0) is 18.6 Å². The molecule has 0 aromatic carbocycles. The van der Waals surface area contributed by atoms with Crippen LogP contribution in [0, 0.1) is 18.3 Å². The molecule has 0 radical (unpaired) electrons. The van der Waals surface area contributed by atoms with Gasteiger partial charge in [-0.2, -0.15) is 5.26 Å². The Hall–Kier alpha value is -2.22. The molecular formula is C9H7N5. The van der Waals surface area contributed by atoms with E-state index in [9.17, 15) is 0 Å². The predicted molar refractivity (Wildman–Crippen MR) is 48.6 cm³/mol. The number of hydrogen-bond donors (Lipinski definition) is 0. The first-order chi connectivity index (χ1) is 6.81. The molecule has 0 saturated heterocycles. The summed E-state index contributed by atoms with van der Waals surface area (Å²) in [5.41, 5.74) is 1.99. The minimum atomic E-state index is 0.348. The van der Waals surface area contributed by atoms with Gasteiger partial charge in [0.1, 0.15) is 11.8 Å². The minimum absolute atomic E-state index is 0.348. The Morgan fingerprint density at radius 1 is 1.50 bits per heavy atom. The molecule has 5 nitrogen and oxygen atoms in total. The molecule has 5 heteroatoms. The molecule has 0 fully saturated rings. The van der Waals surface area contributed by atoms with Crippen LogP contribution in [0.15, 0.2) is 24.7 Å². The summed E-state index contributed by atoms with van der Waals surface area (Å²) in [4.78, 5) is 4.00. The maximum Gasteiger partial charge on any atom is 0.166 e. The number of aryl methyl sites for hydroxylation is 1. The van der Waals surface area contributed by atoms with Gasteiger partial charge in [-0.25, -0.2) is 9.67 Å². The van der Waals surface area contributed by atoms with Crippen molar-refractivity contribution in [2.24, 2.45) is 0 Å². The van der Waals surface area contributed by atoms with E-state index in [2.05, 4.69) is 15.3 Å². The second-order valence-electron chi connectivity index (χ2n) is 2.84. The molecule has 0 N–H and O–H groups in total. The van der Waals surface area contributed by atoms with Crippen molar-refractivity contribution < 1.29 is 0 Å². The fraction of sp³-hybridized carbons (Fsp3) is 0.111. The lowest BCUT2D eigenvalue weighted by molar-refractivity contribution is 0.795. The SMILES string of the molecule is Cc1cnc(C#N)c(-n2ccnn2)c1. The van der Waals surface area contributed by atoms with E-state index >= 15 is 0 Å². The zero-order valence-corrected chi connectivity index (χ0v) is 7.55. The van der Waals surface area contributed by atoms with Crippen LogP contribution in [-0.4, -0.2) is 20.0 Å². The lowest BCUT2D eigenvalue weighted by Crippen LogP contribution is -2.01. The van der Waals surface area contributed by atoms with Crippen molar-refractivity contribution in [3.8, 4) is 11.8 Å². The number of pyridine rings is 1. The molecule has 14 heavy (non-hydrogen) atoms. The van der Waals surface area contributed by atoms with E-state index in [0.29, 0.717) is 11.4 Å². The first-order valence-corrected chi connectivity index (χ1v) is 4.04. The Balaban J connectivity index is 2.63. The summed E-state index contributed by atoms with van der Waals surface area (Å²) in [5.74, 6) is 0. The third-order valence-electron chi connectivity index (χ3n) is 1.78. The van der Waals surface area contributed by atoms with Gasteiger partial charge in [0.2, 0.25) is 0 Å². The largest absolute Gasteiger partial charge is 0.243 e. The summed E-state index contributed by atoms with van der Waals surface area (Å²) in [7, 11) is 0. The Morgan fingerprint density at radius 2 is 2.36 bits per heavy atom. The van der Waals surface area contributed by atoms with E-state index in [-0.39, 0.29) is 0 Å². The van der Waals surface area contributed by atoms with Crippen LogP contribution in [0.2, 0.25) is 0 Å². The molecule has 0 bridgehead atoms. The van der Waals surface area contributed by atoms with Gasteiger partial charge in [0.25, 0.3) is 0 Å². The van der Waals surface area contributed by atoms with Gasteiger partial charge in [0.05, 0.1) is 12.4 Å². The van der Waals surface area contributed by atoms with Crippen LogP contribution in [0.25, 0.3) is 5.69 Å². The average molecular weight is 185 g/mol. The summed E-state index contributed by atoms with van der Waals surface area (Å²) in [6, 6.07) is 3.86. The van der Waals surface area contributed by atoms with Gasteiger partial charge >= 0.3 is 0 Å². The zero-order chi connectivity index (χ0) is 9.97. The van der Waals surface area contributed by atoms with Crippen molar-refractivity contribution in [1.29, 1.82) is 5.26 Å². The van der Waals surface area contributed by atoms with E-state index in [1.54, 1.807) is 18.6 Å². The minimum Gasteiger partial charge on any atom is -0.243 e. The Morgan fingerprint density at radius 3 is 3.00 bits per heavy atom. The van der Waals surface area contributed by atoms with Crippen molar-refractivity contribution in [3.05, 3.63) is 35.9 Å². The Labute approximate surface area is 80.6 Å². The first kappa shape index (κ1) is 8.38. The second-order valence-corrected chi connectivity index (χ2v) is 2.84. The smallest absolute Gasteiger partial charge is 0.166 e.